The zero-order chi connectivity index (χ0) is 62.9. The Morgan fingerprint density at radius 2 is 0.720 bits per heavy atom. The Balaban J connectivity index is 0.000000120. The lowest BCUT2D eigenvalue weighted by Gasteiger charge is -2.52. The molecule has 12 aliphatic carbocycles. The lowest BCUT2D eigenvalue weighted by Crippen LogP contribution is -2.48. The second-order valence-electron chi connectivity index (χ2n) is 38.7. The van der Waals surface area contributed by atoms with E-state index in [1.165, 1.54) is 193 Å². The number of carbonyl (C=O) groups is 1. The summed E-state index contributed by atoms with van der Waals surface area (Å²) in [6.07, 6.45) is 44.3. The van der Waals surface area contributed by atoms with Crippen LogP contribution in [0.3, 0.4) is 0 Å². The number of fused-ring (bicyclic) bond motifs is 18. The lowest BCUT2D eigenvalue weighted by molar-refractivity contribution is -0.129. The average molecular weight is 1280 g/mol. The maximum absolute atomic E-state index is 12.2. The van der Waals surface area contributed by atoms with Crippen molar-refractivity contribution in [2.24, 2.45) is 123 Å². The zero-order valence-electron chi connectivity index (χ0n) is 60.2. The third-order valence-electron chi connectivity index (χ3n) is 34.5. The van der Waals surface area contributed by atoms with Gasteiger partial charge in [-0.05, 0) is 312 Å². The Morgan fingerprint density at radius 1 is 0.387 bits per heavy atom. The van der Waals surface area contributed by atoms with Gasteiger partial charge in [-0.3, -0.25) is 4.79 Å². The molecular weight excluding hydrogens is 1140 g/mol. The summed E-state index contributed by atoms with van der Waals surface area (Å²) >= 11 is 0. The summed E-state index contributed by atoms with van der Waals surface area (Å²) in [5.41, 5.74) is 12.7. The largest absolute Gasteiger partial charge is 0.369 e. The number of allylic oxidation sites excluding steroid dienone is 3. The molecule has 93 heavy (non-hydrogen) atoms. The third kappa shape index (κ3) is 11.2. The van der Waals surface area contributed by atoms with Crippen molar-refractivity contribution in [2.75, 3.05) is 19.6 Å². The van der Waals surface area contributed by atoms with Crippen molar-refractivity contribution in [1.82, 2.24) is 16.0 Å². The highest BCUT2D eigenvalue weighted by atomic mass is 16.5. The molecule has 6 saturated heterocycles. The van der Waals surface area contributed by atoms with Crippen LogP contribution in [0.5, 0.6) is 0 Å². The van der Waals surface area contributed by atoms with Gasteiger partial charge in [-0.1, -0.05) is 136 Å². The van der Waals surface area contributed by atoms with Crippen LogP contribution >= 0.6 is 0 Å². The van der Waals surface area contributed by atoms with Crippen molar-refractivity contribution in [1.29, 1.82) is 0 Å². The van der Waals surface area contributed by atoms with Crippen LogP contribution in [0.4, 0.5) is 0 Å². The lowest BCUT2D eigenvalue weighted by atomic mass is 9.52. The first-order valence-electron chi connectivity index (χ1n) is 40.4. The molecule has 0 unspecified atom stereocenters. The van der Waals surface area contributed by atoms with Crippen LogP contribution in [0.1, 0.15) is 303 Å². The SMILES string of the molecule is C.C.CC1=C2C[C@H]3[C@@H](CC[C@@H]4CC(=O)CC[C@@]43C)[C@@H]2CC[C@@]2(C1)O[C@@H]1C[C@H](C)CN[C@H]1[C@H]2C.CC1=C2C[C@H]3[C@@H](CC[C@@H]4CCCC[C@@]43C)[C@@H]2CC[C@@]2(C1)O[C@@H]1C[C@H](C)CN[C@H]1[C@H]2C.CC1=C2C[C@H]3[C@@H](CC[C@@H]4CCCC[C@@]43C)[C@@H]2CC[C@@]2(C1)O[C@@H]1C[C@H](C)CN[C@H]1[C@H]2C. The molecule has 7 nitrogen and oxygen atoms in total. The number of carbonyl (C=O) groups excluding carboxylic acids is 1. The molecule has 18 rings (SSSR count). The molecule has 6 aliphatic heterocycles. The van der Waals surface area contributed by atoms with Crippen LogP contribution in [0.25, 0.3) is 0 Å². The van der Waals surface area contributed by atoms with Crippen molar-refractivity contribution < 1.29 is 19.0 Å². The van der Waals surface area contributed by atoms with Crippen LogP contribution in [0.15, 0.2) is 33.4 Å². The predicted octanol–water partition coefficient (Wildman–Crippen LogP) is 20.0. The van der Waals surface area contributed by atoms with E-state index in [9.17, 15) is 4.79 Å². The molecule has 524 valence electrons. The number of hydrogen-bond acceptors (Lipinski definition) is 7. The first-order valence-corrected chi connectivity index (χ1v) is 40.4. The van der Waals surface area contributed by atoms with Gasteiger partial charge in [0.1, 0.15) is 5.78 Å². The minimum Gasteiger partial charge on any atom is -0.369 e. The number of hydrogen-bond donors (Lipinski definition) is 3. The van der Waals surface area contributed by atoms with E-state index in [1.807, 2.05) is 16.7 Å². The summed E-state index contributed by atoms with van der Waals surface area (Å²) in [5.74, 6) is 15.5. The standard InChI is InChI=1S/C28H43NO2.2C28H45NO.2CH4/c1-16-11-25-26(29-15-16)18(3)28(31-25)10-8-21-22-6-5-19-12-20(30)7-9-27(19,4)24(22)13-23(21)17(2)14-28;2*1-17-13-25-26(29-16-17)19(3)28(30-25)12-10-21-22-9-8-20-7-5-6-11-27(20,4)24(22)14-23(21)18(2)15-28;;/h16,18-19,21-22,24-26,29H,5-15H2,1-4H3;2*17,19-22,24-26,29H,5-16H2,1-4H3;2*1H4/t16-,18+,19+,21-,22-,24-,25+,26-,27-,28-;2*17-,19+,20-,21-,22-,24-,25+,26-,27-,28-;;/m000../s1. The van der Waals surface area contributed by atoms with Crippen LogP contribution in [-0.2, 0) is 19.0 Å². The third-order valence-corrected chi connectivity index (χ3v) is 34.5. The topological polar surface area (TPSA) is 80.9 Å². The number of nitrogens with one attached hydrogen (secondary N) is 3. The van der Waals surface area contributed by atoms with Crippen LogP contribution in [-0.4, -0.2) is 78.7 Å². The molecule has 3 N–H and O–H groups in total. The highest BCUT2D eigenvalue weighted by Crippen LogP contribution is 2.69. The number of Topliss-reactive ketones (excluding diaryl/α,β-unsaturated/α-hetero) is 1. The molecule has 3 spiro atoms. The molecule has 18 aliphatic rings. The van der Waals surface area contributed by atoms with Gasteiger partial charge in [-0.15, -0.1) is 0 Å². The van der Waals surface area contributed by atoms with Gasteiger partial charge in [0.15, 0.2) is 0 Å². The summed E-state index contributed by atoms with van der Waals surface area (Å²) in [7, 11) is 0. The first-order chi connectivity index (χ1) is 43.6. The van der Waals surface area contributed by atoms with Gasteiger partial charge in [0.05, 0.1) is 35.1 Å². The summed E-state index contributed by atoms with van der Waals surface area (Å²) < 4.78 is 21.1. The van der Waals surface area contributed by atoms with Gasteiger partial charge in [0, 0.05) is 48.7 Å². The number of ether oxygens (including phenoxy) is 3. The molecule has 0 aromatic carbocycles. The Labute approximate surface area is 570 Å². The minimum absolute atomic E-state index is 0. The fraction of sp³-hybridized carbons (Fsp3) is 0.919. The van der Waals surface area contributed by atoms with E-state index in [0.717, 1.165) is 115 Å². The van der Waals surface area contributed by atoms with Crippen molar-refractivity contribution in [3.8, 4) is 0 Å². The van der Waals surface area contributed by atoms with Crippen LogP contribution < -0.4 is 16.0 Å². The highest BCUT2D eigenvalue weighted by molar-refractivity contribution is 5.79. The number of ketones is 1. The average Bonchev–Trinajstić information content (AvgIpc) is 1.61. The molecule has 0 bridgehead atoms. The molecule has 15 fully saturated rings. The van der Waals surface area contributed by atoms with Gasteiger partial charge in [-0.25, -0.2) is 0 Å². The van der Waals surface area contributed by atoms with E-state index >= 15 is 0 Å². The Morgan fingerprint density at radius 3 is 1.08 bits per heavy atom. The van der Waals surface area contributed by atoms with E-state index < -0.39 is 0 Å². The second-order valence-corrected chi connectivity index (χ2v) is 38.7. The fourth-order valence-corrected chi connectivity index (χ4v) is 29.3. The van der Waals surface area contributed by atoms with E-state index in [2.05, 4.69) is 99.0 Å². The van der Waals surface area contributed by atoms with Crippen molar-refractivity contribution in [3.05, 3.63) is 33.4 Å². The second kappa shape index (κ2) is 25.6. The summed E-state index contributed by atoms with van der Waals surface area (Å²) in [6.45, 7) is 33.5. The molecule has 0 aromatic rings. The Hall–Kier alpha value is -1.35. The van der Waals surface area contributed by atoms with Crippen LogP contribution in [0, 0.1) is 123 Å². The Bertz CT molecular complexity index is 2730. The van der Waals surface area contributed by atoms with E-state index in [4.69, 9.17) is 14.2 Å². The summed E-state index contributed by atoms with van der Waals surface area (Å²) in [5, 5.41) is 11.6. The van der Waals surface area contributed by atoms with Gasteiger partial charge < -0.3 is 30.2 Å². The van der Waals surface area contributed by atoms with Gasteiger partial charge in [0.2, 0.25) is 0 Å². The summed E-state index contributed by atoms with van der Waals surface area (Å²) in [6, 6.07) is 1.72. The minimum atomic E-state index is 0. The van der Waals surface area contributed by atoms with Crippen molar-refractivity contribution >= 4 is 5.78 Å². The molecular formula is C86H141N3O4. The number of piperidine rings is 3. The Kier molecular flexibility index (Phi) is 18.9. The first kappa shape index (κ1) is 68.8. The van der Waals surface area contributed by atoms with Gasteiger partial charge in [0.25, 0.3) is 0 Å². The monoisotopic (exact) mass is 1280 g/mol. The van der Waals surface area contributed by atoms with Crippen LogP contribution in [0.2, 0.25) is 0 Å². The van der Waals surface area contributed by atoms with Gasteiger partial charge >= 0.3 is 0 Å². The zero-order valence-corrected chi connectivity index (χ0v) is 60.2. The predicted molar refractivity (Wildman–Crippen MR) is 384 cm³/mol. The fourth-order valence-electron chi connectivity index (χ4n) is 29.3. The molecule has 30 atom stereocenters. The summed E-state index contributed by atoms with van der Waals surface area (Å²) in [4.78, 5) is 12.2. The number of rotatable bonds is 0. The maximum Gasteiger partial charge on any atom is 0.133 e. The molecule has 9 saturated carbocycles. The molecule has 0 radical (unpaired) electrons. The highest BCUT2D eigenvalue weighted by Gasteiger charge is 2.64. The smallest absolute Gasteiger partial charge is 0.133 e. The van der Waals surface area contributed by atoms with E-state index in [0.29, 0.717) is 82.1 Å². The van der Waals surface area contributed by atoms with E-state index in [1.54, 1.807) is 16.7 Å². The van der Waals surface area contributed by atoms with Crippen molar-refractivity contribution in [2.45, 2.75) is 357 Å². The van der Waals surface area contributed by atoms with Crippen molar-refractivity contribution in [3.63, 3.8) is 0 Å². The molecule has 0 amide bonds. The van der Waals surface area contributed by atoms with Gasteiger partial charge in [-0.2, -0.15) is 0 Å². The molecule has 0 aromatic heterocycles. The normalized spacial score (nSPS) is 54.0. The molecule has 7 heteroatoms. The van der Waals surface area contributed by atoms with E-state index in [-0.39, 0.29) is 31.7 Å². The quantitative estimate of drug-likeness (QED) is 0.209. The molecule has 6 heterocycles. The maximum atomic E-state index is 12.2.